The maximum atomic E-state index is 13.9. The van der Waals surface area contributed by atoms with Gasteiger partial charge in [-0.1, -0.05) is 34.6 Å². The number of halogens is 3. The van der Waals surface area contributed by atoms with Crippen LogP contribution in [0.4, 0.5) is 13.2 Å². The fraction of sp³-hybridized carbons (Fsp3) is 0.833. The van der Waals surface area contributed by atoms with Gasteiger partial charge in [-0.3, -0.25) is 9.59 Å². The van der Waals surface area contributed by atoms with Crippen molar-refractivity contribution in [3.8, 4) is 0 Å². The Morgan fingerprint density at radius 1 is 0.979 bits per heavy atom. The maximum absolute atomic E-state index is 13.9. The van der Waals surface area contributed by atoms with Crippen molar-refractivity contribution in [2.75, 3.05) is 0 Å². The van der Waals surface area contributed by atoms with E-state index in [1.165, 1.54) is 33.6 Å². The normalized spacial score (nSPS) is 43.7. The Morgan fingerprint density at radius 2 is 1.64 bits per heavy atom. The van der Waals surface area contributed by atoms with E-state index in [-0.39, 0.29) is 58.3 Å². The minimum atomic E-state index is -5.21. The monoisotopic (exact) mass is 667 g/mol. The molecule has 1 unspecified atom stereocenters. The summed E-state index contributed by atoms with van der Waals surface area (Å²) in [5.41, 5.74) is -3.65. The largest absolute Gasteiger partial charge is 0.490 e. The smallest absolute Gasteiger partial charge is 0.462 e. The van der Waals surface area contributed by atoms with Gasteiger partial charge in [-0.2, -0.15) is 13.2 Å². The second kappa shape index (κ2) is 10.6. The zero-order valence-corrected chi connectivity index (χ0v) is 29.1. The van der Waals surface area contributed by atoms with E-state index in [1.807, 2.05) is 13.8 Å². The minimum absolute atomic E-state index is 0.0623. The lowest BCUT2D eigenvalue weighted by Gasteiger charge is -2.63. The average molecular weight is 668 g/mol. The van der Waals surface area contributed by atoms with Gasteiger partial charge in [0.25, 0.3) is 0 Å². The highest BCUT2D eigenvalue weighted by Crippen LogP contribution is 2.90. The summed E-state index contributed by atoms with van der Waals surface area (Å²) in [7, 11) is 0. The Kier molecular flexibility index (Phi) is 7.86. The quantitative estimate of drug-likeness (QED) is 0.251. The molecule has 47 heavy (non-hydrogen) atoms. The van der Waals surface area contributed by atoms with Crippen molar-refractivity contribution in [1.29, 1.82) is 0 Å². The third kappa shape index (κ3) is 4.77. The highest BCUT2D eigenvalue weighted by atomic mass is 19.4. The molecule has 0 aromatic heterocycles. The molecule has 0 aromatic carbocycles. The zero-order valence-electron chi connectivity index (χ0n) is 29.1. The van der Waals surface area contributed by atoms with E-state index >= 15 is 0 Å². The first kappa shape index (κ1) is 35.0. The summed E-state index contributed by atoms with van der Waals surface area (Å²) >= 11 is 0. The summed E-state index contributed by atoms with van der Waals surface area (Å²) in [6.45, 7) is 16.1. The summed E-state index contributed by atoms with van der Waals surface area (Å²) in [4.78, 5) is 36.8. The van der Waals surface area contributed by atoms with Crippen LogP contribution in [-0.4, -0.2) is 53.1 Å². The van der Waals surface area contributed by atoms with E-state index in [0.29, 0.717) is 19.3 Å². The molecule has 0 bridgehead atoms. The number of carbonyl (C=O) groups excluding carboxylic acids is 3. The van der Waals surface area contributed by atoms with Crippen molar-refractivity contribution in [2.24, 2.45) is 44.8 Å². The van der Waals surface area contributed by atoms with Gasteiger partial charge >= 0.3 is 24.1 Å². The molecule has 6 fully saturated rings. The van der Waals surface area contributed by atoms with E-state index < -0.39 is 46.8 Å². The molecule has 10 atom stereocenters. The zero-order chi connectivity index (χ0) is 34.9. The first-order chi connectivity index (χ1) is 21.5. The van der Waals surface area contributed by atoms with Crippen LogP contribution in [0.25, 0.3) is 0 Å². The average Bonchev–Trinajstić information content (AvgIpc) is 3.55. The van der Waals surface area contributed by atoms with Gasteiger partial charge in [-0.15, -0.1) is 0 Å². The molecule has 0 aromatic rings. The number of hydrogen-bond donors (Lipinski definition) is 1. The Morgan fingerprint density at radius 3 is 2.21 bits per heavy atom. The second-order valence-corrected chi connectivity index (χ2v) is 17.1. The van der Waals surface area contributed by atoms with Crippen molar-refractivity contribution in [1.82, 2.24) is 0 Å². The van der Waals surface area contributed by atoms with Gasteiger partial charge in [0.1, 0.15) is 24.4 Å². The third-order valence-corrected chi connectivity index (χ3v) is 13.9. The standard InChI is InChI=1S/C36H50F3O8/c1-18-16-21(27(31(6,7)43)45-20(3)41)46-26-25(18)32(8)14-15-35-17-34(35)13-12-24(44-19(2)40)30(4,5)22(34)10-11-23(35)33(32,9)28(26)47-29(42)36(37,38)39/h18,22,24-25,27-28,43H,10-17H2,1-9H3/t18-,22+,24?,25+,27+,28+,32-,33-,34-,35+/m1/s1. The fourth-order valence-electron chi connectivity index (χ4n) is 12.1. The Balaban J connectivity index is 1.41. The topological polar surface area (TPSA) is 108 Å². The molecule has 0 amide bonds. The summed E-state index contributed by atoms with van der Waals surface area (Å²) in [6.07, 6.45) is -1.52. The molecule has 2 spiro atoms. The molecule has 6 aliphatic rings. The number of ether oxygens (including phenoxy) is 4. The van der Waals surface area contributed by atoms with Crippen molar-refractivity contribution < 1.29 is 51.6 Å². The van der Waals surface area contributed by atoms with Crippen LogP contribution < -0.4 is 0 Å². The van der Waals surface area contributed by atoms with Gasteiger partial charge in [-0.05, 0) is 99.2 Å². The number of rotatable bonds is 5. The van der Waals surface area contributed by atoms with Crippen LogP contribution in [0.15, 0.2) is 0 Å². The molecule has 263 valence electrons. The van der Waals surface area contributed by atoms with Gasteiger partial charge in [0, 0.05) is 30.6 Å². The fourth-order valence-corrected chi connectivity index (χ4v) is 12.1. The van der Waals surface area contributed by atoms with Crippen molar-refractivity contribution in [3.05, 3.63) is 18.1 Å². The summed E-state index contributed by atoms with van der Waals surface area (Å²) in [6, 6.07) is 0. The van der Waals surface area contributed by atoms with Crippen LogP contribution in [0.5, 0.6) is 0 Å². The summed E-state index contributed by atoms with van der Waals surface area (Å²) in [5, 5.41) is 11.0. The lowest BCUT2D eigenvalue weighted by atomic mass is 9.41. The van der Waals surface area contributed by atoms with Gasteiger partial charge in [0.05, 0.1) is 5.60 Å². The summed E-state index contributed by atoms with van der Waals surface area (Å²) in [5.74, 6) is -2.24. The molecule has 6 rings (SSSR count). The number of aliphatic hydroxyl groups is 1. The molecular formula is C36H50F3O8. The summed E-state index contributed by atoms with van der Waals surface area (Å²) < 4.78 is 65.3. The minimum Gasteiger partial charge on any atom is -0.462 e. The van der Waals surface area contributed by atoms with Gasteiger partial charge in [-0.25, -0.2) is 4.79 Å². The molecule has 1 saturated heterocycles. The predicted molar refractivity (Wildman–Crippen MR) is 162 cm³/mol. The molecule has 1 aliphatic heterocycles. The van der Waals surface area contributed by atoms with Crippen LogP contribution in [0.1, 0.15) is 114 Å². The first-order valence-corrected chi connectivity index (χ1v) is 17.1. The van der Waals surface area contributed by atoms with Crippen LogP contribution in [-0.2, 0) is 33.3 Å². The number of alkyl halides is 3. The van der Waals surface area contributed by atoms with Crippen LogP contribution in [0.2, 0.25) is 0 Å². The molecule has 1 N–H and O–H groups in total. The van der Waals surface area contributed by atoms with Crippen LogP contribution >= 0.6 is 0 Å². The number of fused-ring (bicyclic) bond motifs is 4. The van der Waals surface area contributed by atoms with Crippen molar-refractivity contribution >= 4 is 17.9 Å². The second-order valence-electron chi connectivity index (χ2n) is 17.1. The van der Waals surface area contributed by atoms with Gasteiger partial charge in [0.2, 0.25) is 0 Å². The molecule has 8 nitrogen and oxygen atoms in total. The molecule has 1 heterocycles. The Labute approximate surface area is 276 Å². The molecule has 5 saturated carbocycles. The lowest BCUT2D eigenvalue weighted by Crippen LogP contribution is -2.59. The first-order valence-electron chi connectivity index (χ1n) is 17.1. The molecule has 3 radical (unpaired) electrons. The number of esters is 3. The maximum Gasteiger partial charge on any atom is 0.490 e. The van der Waals surface area contributed by atoms with Crippen molar-refractivity contribution in [2.45, 2.75) is 144 Å². The van der Waals surface area contributed by atoms with E-state index in [0.717, 1.165) is 32.1 Å². The number of hydrogen-bond acceptors (Lipinski definition) is 8. The Bertz CT molecular complexity index is 1320. The molecule has 5 aliphatic carbocycles. The molecule has 11 heteroatoms. The van der Waals surface area contributed by atoms with Gasteiger partial charge in [0.15, 0.2) is 6.10 Å². The van der Waals surface area contributed by atoms with Crippen LogP contribution in [0, 0.1) is 63.0 Å². The molecular weight excluding hydrogens is 617 g/mol. The highest BCUT2D eigenvalue weighted by molar-refractivity contribution is 5.76. The van der Waals surface area contributed by atoms with Crippen molar-refractivity contribution in [3.63, 3.8) is 0 Å². The SMILES string of the molecule is CC(=O)OC1CC[C@]23C[C@]24CC[C@]2(C)[C@@H]5[C](O[C]([C@H](OC(C)=O)C(C)(C)O)C[C@H]5C)[C@H](OC(=O)C(F)(F)F)[C@@]2(C)[C]4CC[C@H]3C1(C)C. The van der Waals surface area contributed by atoms with E-state index in [2.05, 4.69) is 20.8 Å². The Hall–Kier alpha value is -1.88. The third-order valence-electron chi connectivity index (χ3n) is 13.9. The van der Waals surface area contributed by atoms with Crippen LogP contribution in [0.3, 0.4) is 0 Å². The predicted octanol–water partition coefficient (Wildman–Crippen LogP) is 6.83. The van der Waals surface area contributed by atoms with Gasteiger partial charge < -0.3 is 24.1 Å². The van der Waals surface area contributed by atoms with E-state index in [1.54, 1.807) is 0 Å². The van der Waals surface area contributed by atoms with E-state index in [9.17, 15) is 32.7 Å². The number of carbonyl (C=O) groups is 3. The lowest BCUT2D eigenvalue weighted by molar-refractivity contribution is -0.215. The highest BCUT2D eigenvalue weighted by Gasteiger charge is 2.86. The van der Waals surface area contributed by atoms with E-state index in [4.69, 9.17) is 18.9 Å².